The third-order valence-electron chi connectivity index (χ3n) is 4.85. The first-order valence-corrected chi connectivity index (χ1v) is 12.0. The smallest absolute Gasteiger partial charge is 0.485 e. The summed E-state index contributed by atoms with van der Waals surface area (Å²) < 4.78 is 3.72. The molecule has 4 aromatic carbocycles. The van der Waals surface area contributed by atoms with E-state index in [2.05, 4.69) is 126 Å². The predicted octanol–water partition coefficient (Wildman–Crippen LogP) is 2.83. The first-order chi connectivity index (χ1) is 15.5. The molecular formula is C26H25BO4P+. The van der Waals surface area contributed by atoms with E-state index in [0.717, 1.165) is 6.92 Å². The van der Waals surface area contributed by atoms with Crippen LogP contribution < -0.4 is 21.2 Å². The molecule has 0 aromatic heterocycles. The Kier molecular flexibility index (Phi) is 8.35. The van der Waals surface area contributed by atoms with Crippen molar-refractivity contribution in [2.45, 2.75) is 6.92 Å². The van der Waals surface area contributed by atoms with Gasteiger partial charge in [-0.05, 0) is 48.5 Å². The Morgan fingerprint density at radius 1 is 0.594 bits per heavy atom. The van der Waals surface area contributed by atoms with Crippen LogP contribution in [-0.4, -0.2) is 23.3 Å². The summed E-state index contributed by atoms with van der Waals surface area (Å²) in [5.74, 6) is -0.713. The molecule has 0 radical (unpaired) electrons. The van der Waals surface area contributed by atoms with Gasteiger partial charge in [-0.15, -0.1) is 0 Å². The highest BCUT2D eigenvalue weighted by Gasteiger charge is 2.47. The fourth-order valence-electron chi connectivity index (χ4n) is 3.65. The van der Waals surface area contributed by atoms with Crippen molar-refractivity contribution in [2.75, 3.05) is 0 Å². The Morgan fingerprint density at radius 2 is 0.844 bits per heavy atom. The van der Waals surface area contributed by atoms with Crippen molar-refractivity contribution in [3.63, 3.8) is 0 Å². The summed E-state index contributed by atoms with van der Waals surface area (Å²) in [6, 6.07) is 43.8. The summed E-state index contributed by atoms with van der Waals surface area (Å²) in [5.41, 5.74) is 0. The molecule has 0 spiro atoms. The Labute approximate surface area is 189 Å². The molecule has 32 heavy (non-hydrogen) atoms. The van der Waals surface area contributed by atoms with Gasteiger partial charge in [0.1, 0.15) is 28.5 Å². The van der Waals surface area contributed by atoms with Gasteiger partial charge in [0.15, 0.2) is 0 Å². The maximum Gasteiger partial charge on any atom is 0.709 e. The summed E-state index contributed by atoms with van der Waals surface area (Å²) >= 11 is 0. The van der Waals surface area contributed by atoms with E-state index in [1.807, 2.05) is 0 Å². The first kappa shape index (κ1) is 23.4. The van der Waals surface area contributed by atoms with Crippen molar-refractivity contribution in [3.8, 4) is 0 Å². The molecule has 0 aliphatic carbocycles. The number of benzene rings is 4. The van der Waals surface area contributed by atoms with Gasteiger partial charge in [-0.2, -0.15) is 0 Å². The number of carbonyl (C=O) groups excluding carboxylic acids is 1. The van der Waals surface area contributed by atoms with Gasteiger partial charge in [0.25, 0.3) is 5.97 Å². The van der Waals surface area contributed by atoms with E-state index in [4.69, 9.17) is 10.0 Å². The van der Waals surface area contributed by atoms with Gasteiger partial charge in [0.05, 0.1) is 0 Å². The number of carbonyl (C=O) groups is 1. The molecule has 6 heteroatoms. The van der Waals surface area contributed by atoms with Crippen LogP contribution in [0.1, 0.15) is 6.92 Å². The summed E-state index contributed by atoms with van der Waals surface area (Å²) in [6.45, 7) is 1.08. The molecule has 0 fully saturated rings. The van der Waals surface area contributed by atoms with E-state index in [9.17, 15) is 4.79 Å². The van der Waals surface area contributed by atoms with Crippen LogP contribution in [0, 0.1) is 0 Å². The lowest BCUT2D eigenvalue weighted by atomic mass is 10.3. The summed E-state index contributed by atoms with van der Waals surface area (Å²) in [5, 5.41) is 21.2. The molecule has 2 N–H and O–H groups in total. The van der Waals surface area contributed by atoms with Gasteiger partial charge < -0.3 is 14.7 Å². The van der Waals surface area contributed by atoms with Crippen molar-refractivity contribution < 1.29 is 19.5 Å². The van der Waals surface area contributed by atoms with E-state index in [-0.39, 0.29) is 0 Å². The molecule has 0 saturated heterocycles. The van der Waals surface area contributed by atoms with Gasteiger partial charge in [-0.25, -0.2) is 0 Å². The maximum atomic E-state index is 9.71. The number of hydrogen-bond donors (Lipinski definition) is 2. The lowest BCUT2D eigenvalue weighted by Crippen LogP contribution is -2.38. The molecule has 0 amide bonds. The fraction of sp³-hybridized carbons (Fsp3) is 0.0385. The molecule has 0 unspecified atom stereocenters. The number of hydrogen-bond acceptors (Lipinski definition) is 4. The zero-order valence-electron chi connectivity index (χ0n) is 17.8. The van der Waals surface area contributed by atoms with Gasteiger partial charge in [-0.3, -0.25) is 4.79 Å². The van der Waals surface area contributed by atoms with E-state index < -0.39 is 20.6 Å². The van der Waals surface area contributed by atoms with Gasteiger partial charge >= 0.3 is 7.32 Å². The van der Waals surface area contributed by atoms with Crippen molar-refractivity contribution in [1.82, 2.24) is 0 Å². The highest BCUT2D eigenvalue weighted by Crippen LogP contribution is 2.53. The molecule has 0 atom stereocenters. The Bertz CT molecular complexity index is 928. The second-order valence-corrected chi connectivity index (χ2v) is 10.4. The third-order valence-corrected chi connectivity index (χ3v) is 9.14. The molecule has 0 aliphatic heterocycles. The van der Waals surface area contributed by atoms with Crippen LogP contribution in [0.4, 0.5) is 0 Å². The largest absolute Gasteiger partial charge is 0.709 e. The van der Waals surface area contributed by atoms with Crippen LogP contribution in [0.25, 0.3) is 0 Å². The predicted molar refractivity (Wildman–Crippen MR) is 133 cm³/mol. The highest BCUT2D eigenvalue weighted by molar-refractivity contribution is 8.01. The van der Waals surface area contributed by atoms with Crippen molar-refractivity contribution in [1.29, 1.82) is 0 Å². The molecule has 160 valence electrons. The molecule has 4 aromatic rings. The molecule has 4 rings (SSSR count). The molecule has 0 bridgehead atoms. The zero-order valence-corrected chi connectivity index (χ0v) is 18.7. The minimum absolute atomic E-state index is 0.713. The third kappa shape index (κ3) is 5.51. The average Bonchev–Trinajstić information content (AvgIpc) is 2.82. The van der Waals surface area contributed by atoms with Crippen LogP contribution >= 0.6 is 7.26 Å². The number of rotatable bonds is 5. The molecule has 4 nitrogen and oxygen atoms in total. The van der Waals surface area contributed by atoms with Gasteiger partial charge in [0.2, 0.25) is 0 Å². The van der Waals surface area contributed by atoms with E-state index in [1.54, 1.807) is 0 Å². The molecular weight excluding hydrogens is 418 g/mol. The van der Waals surface area contributed by atoms with Crippen LogP contribution in [0.15, 0.2) is 121 Å². The summed E-state index contributed by atoms with van der Waals surface area (Å²) in [4.78, 5) is 9.71. The molecule has 0 saturated carbocycles. The zero-order chi connectivity index (χ0) is 22.8. The fourth-order valence-corrected chi connectivity index (χ4v) is 7.92. The van der Waals surface area contributed by atoms with Crippen molar-refractivity contribution in [2.24, 2.45) is 0 Å². The lowest BCUT2D eigenvalue weighted by Gasteiger charge is -2.27. The lowest BCUT2D eigenvalue weighted by molar-refractivity contribution is -0.134. The summed E-state index contributed by atoms with van der Waals surface area (Å²) in [6.07, 6.45) is 0. The van der Waals surface area contributed by atoms with Crippen LogP contribution in [0.2, 0.25) is 0 Å². The van der Waals surface area contributed by atoms with E-state index >= 15 is 0 Å². The van der Waals surface area contributed by atoms with Crippen LogP contribution in [0.3, 0.4) is 0 Å². The normalized spacial score (nSPS) is 10.5. The van der Waals surface area contributed by atoms with Gasteiger partial charge in [-0.1, -0.05) is 72.8 Å². The minimum Gasteiger partial charge on any atom is -0.485 e. The quantitative estimate of drug-likeness (QED) is 0.368. The average molecular weight is 443 g/mol. The Balaban J connectivity index is 0.000000360. The topological polar surface area (TPSA) is 66.8 Å². The van der Waals surface area contributed by atoms with Crippen molar-refractivity contribution in [3.05, 3.63) is 121 Å². The Morgan fingerprint density at radius 3 is 1.00 bits per heavy atom. The van der Waals surface area contributed by atoms with Crippen molar-refractivity contribution >= 4 is 41.8 Å². The second-order valence-electron chi connectivity index (χ2n) is 6.95. The Hall–Kier alpha value is -3.24. The van der Waals surface area contributed by atoms with E-state index in [1.165, 1.54) is 21.2 Å². The second kappa shape index (κ2) is 11.4. The highest BCUT2D eigenvalue weighted by atomic mass is 31.2. The molecule has 0 aliphatic rings. The summed E-state index contributed by atoms with van der Waals surface area (Å²) in [7, 11) is -3.88. The minimum atomic E-state index is -1.97. The first-order valence-electron chi connectivity index (χ1n) is 10.2. The monoisotopic (exact) mass is 443 g/mol. The molecule has 0 heterocycles. The maximum absolute atomic E-state index is 9.71. The van der Waals surface area contributed by atoms with E-state index in [0.29, 0.717) is 0 Å². The SMILES string of the molecule is CC(=O)OB(O)O.c1ccc([P+](c2ccccc2)(c2ccccc2)c2ccccc2)cc1. The standard InChI is InChI=1S/C24H20P.C2H5BO4/c1-5-13-21(14-6-1)25(22-15-7-2-8-16-22,23-17-9-3-10-18-23)24-19-11-4-12-20-24;1-2(4)7-3(5)6/h1-20H;5-6H,1H3/q+1;. The van der Waals surface area contributed by atoms with Crippen LogP contribution in [-0.2, 0) is 9.45 Å². The van der Waals surface area contributed by atoms with Crippen LogP contribution in [0.5, 0.6) is 0 Å². The van der Waals surface area contributed by atoms with Gasteiger partial charge in [0, 0.05) is 6.92 Å².